The first-order valence-corrected chi connectivity index (χ1v) is 10.0. The van der Waals surface area contributed by atoms with Gasteiger partial charge in [0.15, 0.2) is 0 Å². The van der Waals surface area contributed by atoms with Crippen LogP contribution >= 0.6 is 0 Å². The van der Waals surface area contributed by atoms with Crippen molar-refractivity contribution < 1.29 is 19.4 Å². The summed E-state index contributed by atoms with van der Waals surface area (Å²) in [4.78, 5) is 31.4. The van der Waals surface area contributed by atoms with E-state index in [2.05, 4.69) is 15.6 Å². The van der Waals surface area contributed by atoms with Gasteiger partial charge in [0, 0.05) is 42.7 Å². The van der Waals surface area contributed by atoms with Crippen LogP contribution in [0.2, 0.25) is 0 Å². The summed E-state index contributed by atoms with van der Waals surface area (Å²) in [5.41, 5.74) is 1.32. The van der Waals surface area contributed by atoms with Gasteiger partial charge in [0.1, 0.15) is 11.9 Å². The maximum atomic E-state index is 13.3. The zero-order valence-electron chi connectivity index (χ0n) is 17.5. The molecule has 30 heavy (non-hydrogen) atoms. The molecule has 1 aromatic heterocycles. The van der Waals surface area contributed by atoms with Crippen LogP contribution < -0.4 is 15.4 Å². The van der Waals surface area contributed by atoms with Gasteiger partial charge in [0.2, 0.25) is 0 Å². The van der Waals surface area contributed by atoms with Gasteiger partial charge in [-0.25, -0.2) is 0 Å². The Morgan fingerprint density at radius 1 is 1.33 bits per heavy atom. The van der Waals surface area contributed by atoms with Gasteiger partial charge >= 0.3 is 0 Å². The van der Waals surface area contributed by atoms with Crippen molar-refractivity contribution in [2.24, 2.45) is 5.92 Å². The number of nitrogens with zero attached hydrogens (tertiary/aromatic N) is 2. The van der Waals surface area contributed by atoms with E-state index < -0.39 is 0 Å². The zero-order chi connectivity index (χ0) is 21.7. The lowest BCUT2D eigenvalue weighted by atomic mass is 9.99. The van der Waals surface area contributed by atoms with Crippen LogP contribution in [0.15, 0.2) is 42.7 Å². The van der Waals surface area contributed by atoms with Gasteiger partial charge < -0.3 is 25.4 Å². The third-order valence-electron chi connectivity index (χ3n) is 5.27. The molecule has 2 heterocycles. The fraction of sp³-hybridized carbons (Fsp3) is 0.409. The van der Waals surface area contributed by atoms with Crippen LogP contribution in [-0.2, 0) is 0 Å². The number of carbonyl (C=O) groups excluding carboxylic acids is 2. The summed E-state index contributed by atoms with van der Waals surface area (Å²) in [6, 6.07) is 7.94. The van der Waals surface area contributed by atoms with Crippen LogP contribution in [-0.4, -0.2) is 65.7 Å². The average Bonchev–Trinajstić information content (AvgIpc) is 2.76. The highest BCUT2D eigenvalue weighted by Crippen LogP contribution is 2.30. The second-order valence-electron chi connectivity index (χ2n) is 7.58. The van der Waals surface area contributed by atoms with Gasteiger partial charge in [-0.05, 0) is 44.3 Å². The number of aliphatic hydroxyl groups excluding tert-OH is 1. The van der Waals surface area contributed by atoms with E-state index >= 15 is 0 Å². The first kappa shape index (κ1) is 21.7. The summed E-state index contributed by atoms with van der Waals surface area (Å²) in [6.07, 6.45) is 2.95. The Labute approximate surface area is 176 Å². The fourth-order valence-electron chi connectivity index (χ4n) is 3.45. The summed E-state index contributed by atoms with van der Waals surface area (Å²) in [5, 5.41) is 15.6. The van der Waals surface area contributed by atoms with Gasteiger partial charge in [-0.2, -0.15) is 0 Å². The van der Waals surface area contributed by atoms with E-state index in [-0.39, 0.29) is 36.5 Å². The quantitative estimate of drug-likeness (QED) is 0.668. The number of pyridine rings is 1. The third kappa shape index (κ3) is 4.77. The Hall–Kier alpha value is -2.97. The molecule has 0 saturated carbocycles. The number of ether oxygens (including phenoxy) is 1. The highest BCUT2D eigenvalue weighted by Gasteiger charge is 2.32. The van der Waals surface area contributed by atoms with Crippen molar-refractivity contribution >= 4 is 17.5 Å². The number of fused-ring (bicyclic) bond motifs is 1. The molecule has 1 aromatic carbocycles. The normalized spacial score (nSPS) is 19.9. The summed E-state index contributed by atoms with van der Waals surface area (Å²) in [7, 11) is 1.85. The summed E-state index contributed by atoms with van der Waals surface area (Å²) >= 11 is 0. The second-order valence-corrected chi connectivity index (χ2v) is 7.58. The van der Waals surface area contributed by atoms with Crippen LogP contribution in [0, 0.1) is 5.92 Å². The molecule has 8 nitrogen and oxygen atoms in total. The molecule has 0 spiro atoms. The first-order chi connectivity index (χ1) is 14.4. The summed E-state index contributed by atoms with van der Waals surface area (Å²) in [6.45, 7) is 4.79. The maximum absolute atomic E-state index is 13.3. The molecule has 1 aliphatic rings. The molecular weight excluding hydrogens is 384 g/mol. The number of nitrogens with one attached hydrogen (secondary N) is 2. The minimum Gasteiger partial charge on any atom is -0.488 e. The highest BCUT2D eigenvalue weighted by atomic mass is 16.5. The molecule has 1 aliphatic heterocycles. The molecule has 2 amide bonds. The first-order valence-electron chi connectivity index (χ1n) is 10.0. The second kappa shape index (κ2) is 9.69. The lowest BCUT2D eigenvalue weighted by Gasteiger charge is -2.37. The van der Waals surface area contributed by atoms with Crippen molar-refractivity contribution in [2.75, 3.05) is 32.1 Å². The molecule has 160 valence electrons. The van der Waals surface area contributed by atoms with Crippen LogP contribution in [0.4, 0.5) is 5.69 Å². The molecular formula is C22H28N4O4. The maximum Gasteiger partial charge on any atom is 0.258 e. The standard InChI is InChI=1S/C22H28N4O4/c1-14-12-26(15(2)13-27)22(29)18-10-17(4-5-19(18)30-20(14)11-23-3)25-21(28)16-6-8-24-9-7-16/h4-10,14-15,20,23,27H,11-13H2,1-3H3,(H,25,28)/t14-,15-,20+/m0/s1. The van der Waals surface area contributed by atoms with Crippen molar-refractivity contribution in [3.05, 3.63) is 53.9 Å². The Balaban J connectivity index is 1.95. The predicted octanol–water partition coefficient (Wildman–Crippen LogP) is 1.77. The Kier molecular flexibility index (Phi) is 7.02. The van der Waals surface area contributed by atoms with E-state index in [1.807, 2.05) is 20.9 Å². The molecule has 3 N–H and O–H groups in total. The SMILES string of the molecule is CNC[C@H]1Oc2ccc(NC(=O)c3ccncc3)cc2C(=O)N([C@@H](C)CO)C[C@@H]1C. The molecule has 8 heteroatoms. The zero-order valence-corrected chi connectivity index (χ0v) is 17.5. The largest absolute Gasteiger partial charge is 0.488 e. The number of amides is 2. The predicted molar refractivity (Wildman–Crippen MR) is 114 cm³/mol. The molecule has 0 saturated heterocycles. The molecule has 0 unspecified atom stereocenters. The minimum atomic E-state index is -0.337. The number of aliphatic hydroxyl groups is 1. The van der Waals surface area contributed by atoms with E-state index in [0.29, 0.717) is 35.7 Å². The molecule has 3 rings (SSSR count). The van der Waals surface area contributed by atoms with Crippen molar-refractivity contribution in [3.8, 4) is 5.75 Å². The van der Waals surface area contributed by atoms with Crippen LogP contribution in [0.25, 0.3) is 0 Å². The van der Waals surface area contributed by atoms with Crippen LogP contribution in [0.3, 0.4) is 0 Å². The van der Waals surface area contributed by atoms with Crippen molar-refractivity contribution in [2.45, 2.75) is 26.0 Å². The van der Waals surface area contributed by atoms with E-state index in [0.717, 1.165) is 0 Å². The van der Waals surface area contributed by atoms with Crippen molar-refractivity contribution in [1.29, 1.82) is 0 Å². The Morgan fingerprint density at radius 2 is 2.07 bits per heavy atom. The lowest BCUT2D eigenvalue weighted by Crippen LogP contribution is -2.49. The van der Waals surface area contributed by atoms with E-state index in [1.54, 1.807) is 47.6 Å². The molecule has 0 fully saturated rings. The number of anilines is 1. The molecule has 0 bridgehead atoms. The number of carbonyl (C=O) groups is 2. The number of hydrogen-bond donors (Lipinski definition) is 3. The van der Waals surface area contributed by atoms with Gasteiger partial charge in [-0.3, -0.25) is 14.6 Å². The Bertz CT molecular complexity index is 890. The molecule has 0 radical (unpaired) electrons. The average molecular weight is 412 g/mol. The number of likely N-dealkylation sites (N-methyl/N-ethyl adjacent to an activating group) is 1. The highest BCUT2D eigenvalue weighted by molar-refractivity contribution is 6.05. The summed E-state index contributed by atoms with van der Waals surface area (Å²) in [5.74, 6) is -0.00128. The van der Waals surface area contributed by atoms with Gasteiger partial charge in [0.25, 0.3) is 11.8 Å². The van der Waals surface area contributed by atoms with E-state index in [4.69, 9.17) is 4.74 Å². The Morgan fingerprint density at radius 3 is 2.73 bits per heavy atom. The fourth-order valence-corrected chi connectivity index (χ4v) is 3.45. The summed E-state index contributed by atoms with van der Waals surface area (Å²) < 4.78 is 6.17. The van der Waals surface area contributed by atoms with Gasteiger partial charge in [-0.15, -0.1) is 0 Å². The minimum absolute atomic E-state index is 0.0645. The third-order valence-corrected chi connectivity index (χ3v) is 5.27. The van der Waals surface area contributed by atoms with E-state index in [9.17, 15) is 14.7 Å². The van der Waals surface area contributed by atoms with Crippen molar-refractivity contribution in [1.82, 2.24) is 15.2 Å². The van der Waals surface area contributed by atoms with Gasteiger partial charge in [0.05, 0.1) is 18.2 Å². The van der Waals surface area contributed by atoms with Crippen LogP contribution in [0.1, 0.15) is 34.6 Å². The number of aromatic nitrogens is 1. The van der Waals surface area contributed by atoms with Crippen molar-refractivity contribution in [3.63, 3.8) is 0 Å². The smallest absolute Gasteiger partial charge is 0.258 e. The van der Waals surface area contributed by atoms with Crippen LogP contribution in [0.5, 0.6) is 5.75 Å². The molecule has 3 atom stereocenters. The lowest BCUT2D eigenvalue weighted by molar-refractivity contribution is 0.0415. The molecule has 0 aliphatic carbocycles. The molecule has 2 aromatic rings. The topological polar surface area (TPSA) is 104 Å². The number of hydrogen-bond acceptors (Lipinski definition) is 6. The number of rotatable bonds is 6. The van der Waals surface area contributed by atoms with E-state index in [1.165, 1.54) is 0 Å². The number of benzene rings is 1. The van der Waals surface area contributed by atoms with Gasteiger partial charge in [-0.1, -0.05) is 6.92 Å². The monoisotopic (exact) mass is 412 g/mol.